The molecule has 1 heterocycles. The fourth-order valence-electron chi connectivity index (χ4n) is 3.36. The Bertz CT molecular complexity index is 412. The van der Waals surface area contributed by atoms with Crippen LogP contribution < -0.4 is 5.32 Å². The van der Waals surface area contributed by atoms with Gasteiger partial charge in [0, 0.05) is 6.04 Å². The molecule has 1 aliphatic carbocycles. The molecule has 98 valence electrons. The Morgan fingerprint density at radius 2 is 1.78 bits per heavy atom. The topological polar surface area (TPSA) is 12.0 Å². The van der Waals surface area contributed by atoms with Gasteiger partial charge in [0.2, 0.25) is 0 Å². The van der Waals surface area contributed by atoms with E-state index >= 15 is 0 Å². The molecule has 1 aromatic rings. The highest BCUT2D eigenvalue weighted by atomic mass is 19.4. The Labute approximate surface area is 104 Å². The number of hydrogen-bond donors (Lipinski definition) is 1. The number of rotatable bonds is 1. The Hall–Kier alpha value is -1.03. The first-order valence-corrected chi connectivity index (χ1v) is 6.44. The van der Waals surface area contributed by atoms with Crippen molar-refractivity contribution in [2.45, 2.75) is 37.4 Å². The predicted molar refractivity (Wildman–Crippen MR) is 63.3 cm³/mol. The minimum atomic E-state index is -4.23. The maximum absolute atomic E-state index is 12.5. The molecule has 1 N–H and O–H groups in total. The van der Waals surface area contributed by atoms with Gasteiger partial charge < -0.3 is 5.32 Å². The molecule has 0 amide bonds. The maximum atomic E-state index is 12.5. The molecule has 1 aliphatic heterocycles. The quantitative estimate of drug-likeness (QED) is 0.809. The SMILES string of the molecule is FC(F)(F)c1ccc([C@@H]2CC3NCC[C@@H]3C2)cc1. The summed E-state index contributed by atoms with van der Waals surface area (Å²) in [4.78, 5) is 0. The average Bonchev–Trinajstić information content (AvgIpc) is 2.88. The molecule has 4 heteroatoms. The van der Waals surface area contributed by atoms with Crippen molar-refractivity contribution in [1.29, 1.82) is 0 Å². The predicted octanol–water partition coefficient (Wildman–Crippen LogP) is 3.56. The lowest BCUT2D eigenvalue weighted by Gasteiger charge is -2.13. The summed E-state index contributed by atoms with van der Waals surface area (Å²) in [6.07, 6.45) is -0.840. The van der Waals surface area contributed by atoms with E-state index in [4.69, 9.17) is 0 Å². The summed E-state index contributed by atoms with van der Waals surface area (Å²) in [5.74, 6) is 1.15. The normalized spacial score (nSPS) is 31.6. The van der Waals surface area contributed by atoms with Gasteiger partial charge in [-0.25, -0.2) is 0 Å². The zero-order valence-electron chi connectivity index (χ0n) is 10.0. The third-order valence-electron chi connectivity index (χ3n) is 4.33. The lowest BCUT2D eigenvalue weighted by atomic mass is 9.94. The van der Waals surface area contributed by atoms with Crippen LogP contribution in [0, 0.1) is 5.92 Å². The van der Waals surface area contributed by atoms with Crippen LogP contribution in [0.4, 0.5) is 13.2 Å². The van der Waals surface area contributed by atoms with Gasteiger partial charge in [-0.05, 0) is 55.3 Å². The highest BCUT2D eigenvalue weighted by molar-refractivity contribution is 5.28. The van der Waals surface area contributed by atoms with E-state index < -0.39 is 11.7 Å². The van der Waals surface area contributed by atoms with Crippen molar-refractivity contribution >= 4 is 0 Å². The molecule has 1 nitrogen and oxygen atoms in total. The summed E-state index contributed by atoms with van der Waals surface area (Å²) in [6, 6.07) is 6.29. The molecule has 3 rings (SSSR count). The summed E-state index contributed by atoms with van der Waals surface area (Å²) in [5.41, 5.74) is 0.502. The number of fused-ring (bicyclic) bond motifs is 1. The van der Waals surface area contributed by atoms with Crippen LogP contribution in [0.25, 0.3) is 0 Å². The van der Waals surface area contributed by atoms with Gasteiger partial charge in [0.15, 0.2) is 0 Å². The Kier molecular flexibility index (Phi) is 2.85. The minimum absolute atomic E-state index is 0.426. The van der Waals surface area contributed by atoms with Crippen molar-refractivity contribution in [3.63, 3.8) is 0 Å². The lowest BCUT2D eigenvalue weighted by molar-refractivity contribution is -0.137. The van der Waals surface area contributed by atoms with Crippen LogP contribution in [-0.4, -0.2) is 12.6 Å². The van der Waals surface area contributed by atoms with Crippen molar-refractivity contribution in [3.8, 4) is 0 Å². The Balaban J connectivity index is 1.74. The molecule has 0 radical (unpaired) electrons. The Morgan fingerprint density at radius 3 is 2.39 bits per heavy atom. The first-order valence-electron chi connectivity index (χ1n) is 6.44. The van der Waals surface area contributed by atoms with Gasteiger partial charge in [0.25, 0.3) is 0 Å². The first kappa shape index (κ1) is 12.0. The van der Waals surface area contributed by atoms with Crippen molar-refractivity contribution in [3.05, 3.63) is 35.4 Å². The van der Waals surface area contributed by atoms with E-state index in [1.54, 1.807) is 12.1 Å². The van der Waals surface area contributed by atoms with Crippen LogP contribution >= 0.6 is 0 Å². The maximum Gasteiger partial charge on any atom is 0.416 e. The summed E-state index contributed by atoms with van der Waals surface area (Å²) < 4.78 is 37.4. The average molecular weight is 255 g/mol. The van der Waals surface area contributed by atoms with Gasteiger partial charge in [-0.2, -0.15) is 13.2 Å². The van der Waals surface area contributed by atoms with Crippen molar-refractivity contribution < 1.29 is 13.2 Å². The lowest BCUT2D eigenvalue weighted by Crippen LogP contribution is -2.22. The van der Waals surface area contributed by atoms with Gasteiger partial charge in [-0.3, -0.25) is 0 Å². The molecule has 1 unspecified atom stereocenters. The van der Waals surface area contributed by atoms with Gasteiger partial charge in [-0.1, -0.05) is 12.1 Å². The number of hydrogen-bond acceptors (Lipinski definition) is 1. The summed E-state index contributed by atoms with van der Waals surface area (Å²) in [6.45, 7) is 1.09. The zero-order valence-corrected chi connectivity index (χ0v) is 10.0. The number of alkyl halides is 3. The largest absolute Gasteiger partial charge is 0.416 e. The molecule has 18 heavy (non-hydrogen) atoms. The van der Waals surface area contributed by atoms with Crippen LogP contribution in [0.3, 0.4) is 0 Å². The van der Waals surface area contributed by atoms with Crippen molar-refractivity contribution in [2.24, 2.45) is 5.92 Å². The molecule has 2 fully saturated rings. The smallest absolute Gasteiger partial charge is 0.314 e. The third kappa shape index (κ3) is 2.14. The summed E-state index contributed by atoms with van der Waals surface area (Å²) in [7, 11) is 0. The molecule has 0 spiro atoms. The molecule has 0 aromatic heterocycles. The number of nitrogens with one attached hydrogen (secondary N) is 1. The van der Waals surface area contributed by atoms with Crippen LogP contribution in [0.15, 0.2) is 24.3 Å². The van der Waals surface area contributed by atoms with E-state index in [1.807, 2.05) is 0 Å². The standard InChI is InChI=1S/C14H16F3N/c15-14(16,17)12-3-1-9(2-4-12)11-7-10-5-6-18-13(10)8-11/h1-4,10-11,13,18H,5-8H2/t10-,11+,13?/m1/s1. The highest BCUT2D eigenvalue weighted by Gasteiger charge is 2.38. The minimum Gasteiger partial charge on any atom is -0.314 e. The van der Waals surface area contributed by atoms with Crippen LogP contribution in [-0.2, 0) is 6.18 Å². The van der Waals surface area contributed by atoms with Crippen molar-refractivity contribution in [2.75, 3.05) is 6.54 Å². The van der Waals surface area contributed by atoms with Gasteiger partial charge in [0.05, 0.1) is 5.56 Å². The van der Waals surface area contributed by atoms with E-state index in [0.29, 0.717) is 12.0 Å². The van der Waals surface area contributed by atoms with Crippen LogP contribution in [0.5, 0.6) is 0 Å². The molecular weight excluding hydrogens is 239 g/mol. The van der Waals surface area contributed by atoms with Crippen LogP contribution in [0.2, 0.25) is 0 Å². The summed E-state index contributed by atoms with van der Waals surface area (Å²) >= 11 is 0. The highest BCUT2D eigenvalue weighted by Crippen LogP contribution is 2.42. The van der Waals surface area contributed by atoms with Gasteiger partial charge in [-0.15, -0.1) is 0 Å². The molecule has 3 atom stereocenters. The molecule has 1 saturated heterocycles. The molecule has 2 aliphatic rings. The second kappa shape index (κ2) is 4.26. The number of halogens is 3. The molecule has 1 aromatic carbocycles. The van der Waals surface area contributed by atoms with E-state index in [0.717, 1.165) is 30.9 Å². The fourth-order valence-corrected chi connectivity index (χ4v) is 3.36. The van der Waals surface area contributed by atoms with E-state index in [9.17, 15) is 13.2 Å². The number of benzene rings is 1. The van der Waals surface area contributed by atoms with E-state index in [-0.39, 0.29) is 0 Å². The van der Waals surface area contributed by atoms with E-state index in [1.165, 1.54) is 18.6 Å². The monoisotopic (exact) mass is 255 g/mol. The second-order valence-electron chi connectivity index (χ2n) is 5.40. The van der Waals surface area contributed by atoms with E-state index in [2.05, 4.69) is 5.32 Å². The molecule has 1 saturated carbocycles. The summed E-state index contributed by atoms with van der Waals surface area (Å²) in [5, 5.41) is 3.47. The van der Waals surface area contributed by atoms with Gasteiger partial charge >= 0.3 is 6.18 Å². The van der Waals surface area contributed by atoms with Gasteiger partial charge in [0.1, 0.15) is 0 Å². The molecular formula is C14H16F3N. The second-order valence-corrected chi connectivity index (χ2v) is 5.40. The molecule has 0 bridgehead atoms. The Morgan fingerprint density at radius 1 is 1.06 bits per heavy atom. The third-order valence-corrected chi connectivity index (χ3v) is 4.33. The first-order chi connectivity index (χ1) is 8.54. The fraction of sp³-hybridized carbons (Fsp3) is 0.571. The van der Waals surface area contributed by atoms with Crippen LogP contribution in [0.1, 0.15) is 36.3 Å². The van der Waals surface area contributed by atoms with Crippen molar-refractivity contribution in [1.82, 2.24) is 5.32 Å². The zero-order chi connectivity index (χ0) is 12.8.